The number of thiophene rings is 1. The fourth-order valence-corrected chi connectivity index (χ4v) is 3.05. The molecule has 1 unspecified atom stereocenters. The topological polar surface area (TPSA) is 94.0 Å². The molecule has 3 aromatic rings. The van der Waals surface area contributed by atoms with E-state index in [9.17, 15) is 4.79 Å². The van der Waals surface area contributed by atoms with Crippen LogP contribution in [0.5, 0.6) is 0 Å². The molecule has 1 atom stereocenters. The molecule has 0 saturated carbocycles. The molecule has 3 rings (SSSR count). The van der Waals surface area contributed by atoms with E-state index in [1.165, 1.54) is 11.3 Å². The van der Waals surface area contributed by atoms with Gasteiger partial charge in [0.2, 0.25) is 0 Å². The Morgan fingerprint density at radius 2 is 2.38 bits per heavy atom. The van der Waals surface area contributed by atoms with E-state index in [4.69, 9.17) is 10.2 Å². The highest BCUT2D eigenvalue weighted by molar-refractivity contribution is 7.21. The van der Waals surface area contributed by atoms with E-state index >= 15 is 0 Å². The van der Waals surface area contributed by atoms with Crippen LogP contribution in [0.3, 0.4) is 0 Å². The zero-order valence-corrected chi connectivity index (χ0v) is 12.2. The summed E-state index contributed by atoms with van der Waals surface area (Å²) in [5.41, 5.74) is 6.47. The van der Waals surface area contributed by atoms with E-state index in [1.54, 1.807) is 18.5 Å². The Morgan fingerprint density at radius 3 is 3.10 bits per heavy atom. The number of aromatic nitrogens is 2. The van der Waals surface area contributed by atoms with Gasteiger partial charge >= 0.3 is 0 Å². The monoisotopic (exact) mass is 302 g/mol. The van der Waals surface area contributed by atoms with Crippen molar-refractivity contribution in [3.8, 4) is 0 Å². The van der Waals surface area contributed by atoms with E-state index in [2.05, 4.69) is 15.5 Å². The summed E-state index contributed by atoms with van der Waals surface area (Å²) in [6.45, 7) is 1.92. The first-order chi connectivity index (χ1) is 10.1. The molecular formula is C14H14N4O2S. The highest BCUT2D eigenvalue weighted by Gasteiger charge is 2.19. The average Bonchev–Trinajstić information content (AvgIpc) is 3.07. The summed E-state index contributed by atoms with van der Waals surface area (Å²) >= 11 is 1.25. The smallest absolute Gasteiger partial charge is 0.263 e. The van der Waals surface area contributed by atoms with Crippen LogP contribution in [-0.4, -0.2) is 22.1 Å². The van der Waals surface area contributed by atoms with Gasteiger partial charge in [-0.2, -0.15) is 5.10 Å². The fourth-order valence-electron chi connectivity index (χ4n) is 2.11. The number of rotatable bonds is 4. The predicted molar refractivity (Wildman–Crippen MR) is 81.2 cm³/mol. The van der Waals surface area contributed by atoms with Crippen molar-refractivity contribution in [3.63, 3.8) is 0 Å². The van der Waals surface area contributed by atoms with Crippen LogP contribution in [-0.2, 0) is 6.42 Å². The Morgan fingerprint density at radius 1 is 1.52 bits per heavy atom. The Labute approximate surface area is 125 Å². The van der Waals surface area contributed by atoms with Crippen LogP contribution in [0.1, 0.15) is 22.4 Å². The van der Waals surface area contributed by atoms with Crippen LogP contribution in [0.25, 0.3) is 10.2 Å². The lowest BCUT2D eigenvalue weighted by Gasteiger charge is -2.11. The van der Waals surface area contributed by atoms with Crippen molar-refractivity contribution in [1.29, 1.82) is 0 Å². The van der Waals surface area contributed by atoms with E-state index in [0.717, 1.165) is 11.1 Å². The third-order valence-electron chi connectivity index (χ3n) is 3.09. The Bertz CT molecular complexity index is 766. The van der Waals surface area contributed by atoms with Gasteiger partial charge in [0.15, 0.2) is 0 Å². The van der Waals surface area contributed by atoms with Crippen molar-refractivity contribution in [1.82, 2.24) is 15.5 Å². The lowest BCUT2D eigenvalue weighted by atomic mass is 10.2. The maximum absolute atomic E-state index is 12.3. The summed E-state index contributed by atoms with van der Waals surface area (Å²) in [5, 5.41) is 11.5. The number of nitrogens with two attached hydrogens (primary N) is 1. The molecule has 3 N–H and O–H groups in total. The second-order valence-electron chi connectivity index (χ2n) is 4.75. The molecule has 0 aliphatic rings. The summed E-state index contributed by atoms with van der Waals surface area (Å²) in [6.07, 6.45) is 3.81. The molecule has 3 heterocycles. The second kappa shape index (κ2) is 5.53. The van der Waals surface area contributed by atoms with Crippen LogP contribution in [0.15, 0.2) is 35.1 Å². The van der Waals surface area contributed by atoms with Crippen LogP contribution in [0.4, 0.5) is 5.69 Å². The van der Waals surface area contributed by atoms with Gasteiger partial charge < -0.3 is 15.5 Å². The lowest BCUT2D eigenvalue weighted by Crippen LogP contribution is -2.33. The molecule has 0 spiro atoms. The zero-order valence-electron chi connectivity index (χ0n) is 11.4. The molecule has 21 heavy (non-hydrogen) atoms. The van der Waals surface area contributed by atoms with E-state index < -0.39 is 0 Å². The molecule has 0 bridgehead atoms. The molecule has 6 nitrogen and oxygen atoms in total. The average molecular weight is 302 g/mol. The minimum atomic E-state index is -0.199. The number of anilines is 1. The van der Waals surface area contributed by atoms with Gasteiger partial charge in [-0.15, -0.1) is 16.4 Å². The number of hydrogen-bond acceptors (Lipinski definition) is 6. The first kappa shape index (κ1) is 13.6. The Kier molecular flexibility index (Phi) is 3.57. The molecule has 0 radical (unpaired) electrons. The molecular weight excluding hydrogens is 288 g/mol. The minimum absolute atomic E-state index is 0.0562. The number of amides is 1. The molecule has 3 aromatic heterocycles. The summed E-state index contributed by atoms with van der Waals surface area (Å²) < 4.78 is 5.27. The first-order valence-corrected chi connectivity index (χ1v) is 7.29. The predicted octanol–water partition coefficient (Wildman–Crippen LogP) is 2.23. The molecule has 0 aromatic carbocycles. The second-order valence-corrected chi connectivity index (χ2v) is 5.75. The van der Waals surface area contributed by atoms with Gasteiger partial charge in [-0.25, -0.2) is 0 Å². The Balaban J connectivity index is 1.76. The molecule has 1 amide bonds. The SMILES string of the molecule is CC(Cc1ccco1)NC(=O)c1sc2nnccc2c1N. The van der Waals surface area contributed by atoms with Crippen molar-refractivity contribution in [3.05, 3.63) is 41.3 Å². The van der Waals surface area contributed by atoms with Gasteiger partial charge in [-0.3, -0.25) is 4.79 Å². The van der Waals surface area contributed by atoms with Crippen LogP contribution >= 0.6 is 11.3 Å². The molecule has 108 valence electrons. The number of carbonyl (C=O) groups is 1. The standard InChI is InChI=1S/C14H14N4O2S/c1-8(7-9-3-2-6-20-9)17-13(19)12-11(15)10-4-5-16-18-14(10)21-12/h2-6,8H,7,15H2,1H3,(H,17,19). The number of furan rings is 1. The normalized spacial score (nSPS) is 12.4. The van der Waals surface area contributed by atoms with E-state index in [0.29, 0.717) is 21.8 Å². The maximum atomic E-state index is 12.3. The fraction of sp³-hybridized carbons (Fsp3) is 0.214. The van der Waals surface area contributed by atoms with Crippen LogP contribution in [0, 0.1) is 0 Å². The number of nitrogens with zero attached hydrogens (tertiary/aromatic N) is 2. The van der Waals surface area contributed by atoms with Crippen molar-refractivity contribution >= 4 is 33.1 Å². The third-order valence-corrected chi connectivity index (χ3v) is 4.20. The minimum Gasteiger partial charge on any atom is -0.469 e. The third kappa shape index (κ3) is 2.73. The number of nitrogens with one attached hydrogen (secondary N) is 1. The number of fused-ring (bicyclic) bond motifs is 1. The van der Waals surface area contributed by atoms with Crippen molar-refractivity contribution in [2.75, 3.05) is 5.73 Å². The van der Waals surface area contributed by atoms with Gasteiger partial charge in [0, 0.05) is 17.8 Å². The first-order valence-electron chi connectivity index (χ1n) is 6.48. The van der Waals surface area contributed by atoms with Crippen molar-refractivity contribution in [2.45, 2.75) is 19.4 Å². The van der Waals surface area contributed by atoms with Gasteiger partial charge in [-0.05, 0) is 25.1 Å². The van der Waals surface area contributed by atoms with Gasteiger partial charge in [0.05, 0.1) is 18.1 Å². The summed E-state index contributed by atoms with van der Waals surface area (Å²) in [5.74, 6) is 0.632. The Hall–Kier alpha value is -2.41. The number of nitrogen functional groups attached to an aromatic ring is 1. The highest BCUT2D eigenvalue weighted by atomic mass is 32.1. The molecule has 0 fully saturated rings. The summed E-state index contributed by atoms with van der Waals surface area (Å²) in [4.78, 5) is 13.4. The van der Waals surface area contributed by atoms with Crippen LogP contribution in [0.2, 0.25) is 0 Å². The molecule has 0 aliphatic carbocycles. The quantitative estimate of drug-likeness (QED) is 0.770. The molecule has 7 heteroatoms. The van der Waals surface area contributed by atoms with E-state index in [-0.39, 0.29) is 11.9 Å². The van der Waals surface area contributed by atoms with Crippen LogP contribution < -0.4 is 11.1 Å². The van der Waals surface area contributed by atoms with Gasteiger partial charge in [-0.1, -0.05) is 0 Å². The largest absolute Gasteiger partial charge is 0.469 e. The molecule has 0 saturated heterocycles. The van der Waals surface area contributed by atoms with Gasteiger partial charge in [0.25, 0.3) is 5.91 Å². The van der Waals surface area contributed by atoms with Crippen molar-refractivity contribution < 1.29 is 9.21 Å². The van der Waals surface area contributed by atoms with Crippen molar-refractivity contribution in [2.24, 2.45) is 0 Å². The lowest BCUT2D eigenvalue weighted by molar-refractivity contribution is 0.0944. The molecule has 0 aliphatic heterocycles. The number of hydrogen-bond donors (Lipinski definition) is 2. The maximum Gasteiger partial charge on any atom is 0.263 e. The number of carbonyl (C=O) groups excluding carboxylic acids is 1. The zero-order chi connectivity index (χ0) is 14.8. The highest BCUT2D eigenvalue weighted by Crippen LogP contribution is 2.31. The summed E-state index contributed by atoms with van der Waals surface area (Å²) in [6, 6.07) is 5.41. The summed E-state index contributed by atoms with van der Waals surface area (Å²) in [7, 11) is 0. The van der Waals surface area contributed by atoms with Gasteiger partial charge in [0.1, 0.15) is 15.5 Å². The van der Waals surface area contributed by atoms with E-state index in [1.807, 2.05) is 19.1 Å².